The topological polar surface area (TPSA) is 49.4 Å². The van der Waals surface area contributed by atoms with Crippen LogP contribution in [0.4, 0.5) is 5.69 Å². The average molecular weight is 306 g/mol. The van der Waals surface area contributed by atoms with Gasteiger partial charge in [-0.3, -0.25) is 9.59 Å². The van der Waals surface area contributed by atoms with Crippen molar-refractivity contribution in [3.8, 4) is 0 Å². The lowest BCUT2D eigenvalue weighted by atomic mass is 10.0. The number of benzene rings is 1. The first kappa shape index (κ1) is 15.9. The predicted octanol–water partition coefficient (Wildman–Crippen LogP) is 3.13. The minimum atomic E-state index is -1.12. The van der Waals surface area contributed by atoms with Crippen LogP contribution < -0.4 is 5.32 Å². The third-order valence-corrected chi connectivity index (χ3v) is 4.98. The number of carbonyl (C=O) groups is 2. The second-order valence-corrected chi connectivity index (χ2v) is 7.45. The van der Waals surface area contributed by atoms with E-state index in [-0.39, 0.29) is 23.9 Å². The smallest absolute Gasteiger partial charge is 0.250 e. The molecule has 2 rings (SSSR count). The number of nitrogens with zero attached hydrogens (tertiary/aromatic N) is 1. The number of thioether (sulfide) groups is 1. The van der Waals surface area contributed by atoms with Gasteiger partial charge in [-0.15, -0.1) is 0 Å². The van der Waals surface area contributed by atoms with Crippen LogP contribution in [0.2, 0.25) is 0 Å². The zero-order chi connectivity index (χ0) is 15.8. The van der Waals surface area contributed by atoms with E-state index in [9.17, 15) is 9.59 Å². The Morgan fingerprint density at radius 2 is 1.76 bits per heavy atom. The molecule has 0 spiro atoms. The first-order valence-electron chi connectivity index (χ1n) is 7.19. The molecular weight excluding hydrogens is 284 g/mol. The highest BCUT2D eigenvalue weighted by Crippen LogP contribution is 2.43. The van der Waals surface area contributed by atoms with E-state index >= 15 is 0 Å². The number of anilines is 1. The Labute approximate surface area is 130 Å². The molecule has 1 aromatic carbocycles. The summed E-state index contributed by atoms with van der Waals surface area (Å²) in [5.41, 5.74) is 0.776. The Balaban J connectivity index is 2.38. The zero-order valence-electron chi connectivity index (χ0n) is 13.1. The summed E-state index contributed by atoms with van der Waals surface area (Å²) in [6.07, 6.45) is 0. The summed E-state index contributed by atoms with van der Waals surface area (Å²) < 4.78 is -1.12. The molecule has 1 aliphatic heterocycles. The molecule has 0 radical (unpaired) electrons. The van der Waals surface area contributed by atoms with E-state index in [0.29, 0.717) is 0 Å². The molecule has 0 aliphatic carbocycles. The summed E-state index contributed by atoms with van der Waals surface area (Å²) in [4.78, 5) is 28.2. The molecule has 5 heteroatoms. The third kappa shape index (κ3) is 2.79. The normalized spacial score (nSPS) is 21.2. The summed E-state index contributed by atoms with van der Waals surface area (Å²) in [6.45, 7) is 9.60. The van der Waals surface area contributed by atoms with Crippen molar-refractivity contribution in [1.29, 1.82) is 0 Å². The van der Waals surface area contributed by atoms with Gasteiger partial charge < -0.3 is 10.2 Å². The van der Waals surface area contributed by atoms with Gasteiger partial charge in [0, 0.05) is 17.0 Å². The van der Waals surface area contributed by atoms with E-state index in [1.54, 1.807) is 11.8 Å². The maximum absolute atomic E-state index is 13.0. The second kappa shape index (κ2) is 5.72. The van der Waals surface area contributed by atoms with E-state index in [1.807, 2.05) is 52.0 Å². The predicted molar refractivity (Wildman–Crippen MR) is 86.5 cm³/mol. The summed E-state index contributed by atoms with van der Waals surface area (Å²) in [5.74, 6) is -0.382. The van der Waals surface area contributed by atoms with Gasteiger partial charge in [-0.1, -0.05) is 23.9 Å². The van der Waals surface area contributed by atoms with Gasteiger partial charge in [0.25, 0.3) is 0 Å². The lowest BCUT2D eigenvalue weighted by Crippen LogP contribution is -2.57. The number of amides is 2. The van der Waals surface area contributed by atoms with Gasteiger partial charge in [0.1, 0.15) is 0 Å². The molecule has 0 bridgehead atoms. The lowest BCUT2D eigenvalue weighted by molar-refractivity contribution is -0.140. The molecule has 114 valence electrons. The Hall–Kier alpha value is -1.49. The van der Waals surface area contributed by atoms with Crippen molar-refractivity contribution in [1.82, 2.24) is 4.90 Å². The van der Waals surface area contributed by atoms with Crippen LogP contribution in [-0.2, 0) is 9.59 Å². The van der Waals surface area contributed by atoms with Gasteiger partial charge in [-0.2, -0.15) is 0 Å². The molecule has 1 N–H and O–H groups in total. The Morgan fingerprint density at radius 3 is 2.33 bits per heavy atom. The summed E-state index contributed by atoms with van der Waals surface area (Å²) >= 11 is 1.34. The number of para-hydroxylation sites is 1. The molecule has 21 heavy (non-hydrogen) atoms. The minimum Gasteiger partial charge on any atom is -0.336 e. The highest BCUT2D eigenvalue weighted by molar-refractivity contribution is 8.02. The van der Waals surface area contributed by atoms with Crippen molar-refractivity contribution in [2.75, 3.05) is 5.32 Å². The van der Waals surface area contributed by atoms with E-state index < -0.39 is 4.75 Å². The van der Waals surface area contributed by atoms with E-state index in [0.717, 1.165) is 10.6 Å². The van der Waals surface area contributed by atoms with Gasteiger partial charge >= 0.3 is 0 Å². The van der Waals surface area contributed by atoms with Crippen LogP contribution in [0, 0.1) is 0 Å². The zero-order valence-corrected chi connectivity index (χ0v) is 14.0. The van der Waals surface area contributed by atoms with E-state index in [2.05, 4.69) is 5.32 Å². The first-order chi connectivity index (χ1) is 9.77. The number of nitrogens with one attached hydrogen (secondary N) is 1. The van der Waals surface area contributed by atoms with Crippen molar-refractivity contribution in [2.45, 2.75) is 56.3 Å². The average Bonchev–Trinajstić information content (AvgIpc) is 2.39. The van der Waals surface area contributed by atoms with Gasteiger partial charge in [0.05, 0.1) is 5.69 Å². The molecule has 1 heterocycles. The van der Waals surface area contributed by atoms with Crippen LogP contribution in [0.5, 0.6) is 0 Å². The standard InChI is InChI=1S/C16H22N2O2S/c1-10(2)18(11(3)4)15(20)16(5)14(19)17-12-8-6-7-9-13(12)21-16/h6-11H,1-5H3,(H,17,19). The van der Waals surface area contributed by atoms with Crippen LogP contribution >= 0.6 is 11.8 Å². The number of rotatable bonds is 3. The molecule has 2 amide bonds. The molecule has 0 fully saturated rings. The lowest BCUT2D eigenvalue weighted by Gasteiger charge is -2.39. The summed E-state index contributed by atoms with van der Waals surface area (Å²) in [6, 6.07) is 7.68. The largest absolute Gasteiger partial charge is 0.336 e. The fourth-order valence-corrected chi connectivity index (χ4v) is 3.77. The number of hydrogen-bond acceptors (Lipinski definition) is 3. The quantitative estimate of drug-likeness (QED) is 0.873. The molecular formula is C16H22N2O2S. The number of fused-ring (bicyclic) bond motifs is 1. The Kier molecular flexibility index (Phi) is 4.33. The Bertz CT molecular complexity index is 563. The van der Waals surface area contributed by atoms with Gasteiger partial charge in [-0.25, -0.2) is 0 Å². The molecule has 1 aliphatic rings. The van der Waals surface area contributed by atoms with E-state index in [1.165, 1.54) is 11.8 Å². The molecule has 4 nitrogen and oxygen atoms in total. The van der Waals surface area contributed by atoms with Gasteiger partial charge in [0.15, 0.2) is 4.75 Å². The summed E-state index contributed by atoms with van der Waals surface area (Å²) in [7, 11) is 0. The summed E-state index contributed by atoms with van der Waals surface area (Å²) in [5, 5.41) is 2.86. The van der Waals surface area contributed by atoms with Crippen LogP contribution in [0.25, 0.3) is 0 Å². The highest BCUT2D eigenvalue weighted by atomic mass is 32.2. The van der Waals surface area contributed by atoms with Crippen molar-refractivity contribution in [3.05, 3.63) is 24.3 Å². The second-order valence-electron chi connectivity index (χ2n) is 5.99. The molecule has 1 aromatic rings. The number of carbonyl (C=O) groups excluding carboxylic acids is 2. The van der Waals surface area contributed by atoms with Crippen molar-refractivity contribution in [3.63, 3.8) is 0 Å². The van der Waals surface area contributed by atoms with Crippen LogP contribution in [0.15, 0.2) is 29.2 Å². The van der Waals surface area contributed by atoms with Crippen LogP contribution in [-0.4, -0.2) is 33.5 Å². The fourth-order valence-electron chi connectivity index (χ4n) is 2.62. The molecule has 0 saturated heterocycles. The van der Waals surface area contributed by atoms with Crippen LogP contribution in [0.3, 0.4) is 0 Å². The van der Waals surface area contributed by atoms with Gasteiger partial charge in [0.2, 0.25) is 11.8 Å². The van der Waals surface area contributed by atoms with Gasteiger partial charge in [-0.05, 0) is 46.8 Å². The van der Waals surface area contributed by atoms with E-state index in [4.69, 9.17) is 0 Å². The molecule has 0 aromatic heterocycles. The molecule has 0 saturated carbocycles. The minimum absolute atomic E-state index is 0.0555. The first-order valence-corrected chi connectivity index (χ1v) is 8.01. The fraction of sp³-hybridized carbons (Fsp3) is 0.500. The SMILES string of the molecule is CC(C)N(C(=O)C1(C)Sc2ccccc2NC1=O)C(C)C. The monoisotopic (exact) mass is 306 g/mol. The van der Waals surface area contributed by atoms with Crippen molar-refractivity contribution < 1.29 is 9.59 Å². The number of hydrogen-bond donors (Lipinski definition) is 1. The van der Waals surface area contributed by atoms with Crippen LogP contribution in [0.1, 0.15) is 34.6 Å². The highest BCUT2D eigenvalue weighted by Gasteiger charge is 2.48. The maximum Gasteiger partial charge on any atom is 0.250 e. The van der Waals surface area contributed by atoms with Crippen molar-refractivity contribution >= 4 is 29.3 Å². The molecule has 1 atom stereocenters. The Morgan fingerprint density at radius 1 is 1.19 bits per heavy atom. The molecule has 1 unspecified atom stereocenters. The maximum atomic E-state index is 13.0. The van der Waals surface area contributed by atoms with Crippen molar-refractivity contribution in [2.24, 2.45) is 0 Å². The third-order valence-electron chi connectivity index (χ3n) is 3.64.